The molecule has 1 atom stereocenters. The number of nitrogens with zero attached hydrogens (tertiary/aromatic N) is 1. The number of aromatic nitrogens is 2. The molecule has 0 fully saturated rings. The molecule has 0 aliphatic rings. The molecular weight excluding hydrogens is 446 g/mol. The van der Waals surface area contributed by atoms with Gasteiger partial charge in [-0.15, -0.1) is 0 Å². The van der Waals surface area contributed by atoms with Gasteiger partial charge in [-0.1, -0.05) is 66.2 Å². The number of halogens is 1. The predicted octanol–water partition coefficient (Wildman–Crippen LogP) is 5.92. The highest BCUT2D eigenvalue weighted by molar-refractivity contribution is 6.31. The number of aromatic amines is 1. The fraction of sp³-hybridized carbons (Fsp3) is 0.179. The molecule has 5 rings (SSSR count). The number of hydrogen-bond donors (Lipinski definition) is 3. The fourth-order valence-electron chi connectivity index (χ4n) is 4.72. The summed E-state index contributed by atoms with van der Waals surface area (Å²) in [7, 11) is 0. The fourth-order valence-corrected chi connectivity index (χ4v) is 4.91. The van der Waals surface area contributed by atoms with Gasteiger partial charge in [-0.2, -0.15) is 0 Å². The van der Waals surface area contributed by atoms with Crippen LogP contribution >= 0.6 is 11.6 Å². The van der Waals surface area contributed by atoms with Crippen molar-refractivity contribution in [2.45, 2.75) is 32.5 Å². The summed E-state index contributed by atoms with van der Waals surface area (Å²) in [6.07, 6.45) is 2.31. The van der Waals surface area contributed by atoms with Gasteiger partial charge in [0.15, 0.2) is 0 Å². The molecule has 2 heterocycles. The molecule has 5 nitrogen and oxygen atoms in total. The minimum absolute atomic E-state index is 0.399. The van der Waals surface area contributed by atoms with Crippen LogP contribution in [0.15, 0.2) is 79.0 Å². The van der Waals surface area contributed by atoms with Gasteiger partial charge in [-0.3, -0.25) is 10.1 Å². The maximum absolute atomic E-state index is 12.1. The smallest absolute Gasteiger partial charge is 0.321 e. The molecule has 3 N–H and O–H groups in total. The van der Waals surface area contributed by atoms with Crippen LogP contribution in [-0.4, -0.2) is 26.7 Å². The third-order valence-electron chi connectivity index (χ3n) is 6.57. The molecule has 0 radical (unpaired) electrons. The van der Waals surface area contributed by atoms with Crippen molar-refractivity contribution in [2.24, 2.45) is 0 Å². The first kappa shape index (κ1) is 22.3. The number of carbonyl (C=O) groups is 1. The normalized spacial score (nSPS) is 12.4. The summed E-state index contributed by atoms with van der Waals surface area (Å²) >= 11 is 6.44. The Balaban J connectivity index is 1.43. The zero-order chi connectivity index (χ0) is 23.7. The summed E-state index contributed by atoms with van der Waals surface area (Å²) in [5, 5.41) is 16.2. The van der Waals surface area contributed by atoms with Crippen LogP contribution in [0.3, 0.4) is 0 Å². The number of carboxylic acids is 1. The van der Waals surface area contributed by atoms with E-state index < -0.39 is 12.0 Å². The van der Waals surface area contributed by atoms with Gasteiger partial charge in [0, 0.05) is 58.2 Å². The molecule has 172 valence electrons. The van der Waals surface area contributed by atoms with Gasteiger partial charge >= 0.3 is 5.97 Å². The van der Waals surface area contributed by atoms with E-state index in [1.54, 1.807) is 0 Å². The van der Waals surface area contributed by atoms with Crippen molar-refractivity contribution in [1.82, 2.24) is 14.9 Å². The standard InChI is InChI=1S/C28H26ClN3O2/c1-18-23(16-31-26(28(33)34)14-20-15-30-25-12-6-3-9-21(20)25)22-10-4-7-13-27(22)32(18)17-19-8-2-5-11-24(19)29/h2-13,15,26,30-31H,14,16-17H2,1H3,(H,33,34). The lowest BCUT2D eigenvalue weighted by Gasteiger charge is -2.15. The minimum atomic E-state index is -0.859. The molecule has 1 unspecified atom stereocenters. The van der Waals surface area contributed by atoms with Crippen molar-refractivity contribution in [3.63, 3.8) is 0 Å². The molecule has 34 heavy (non-hydrogen) atoms. The van der Waals surface area contributed by atoms with Crippen molar-refractivity contribution in [1.29, 1.82) is 0 Å². The first-order chi connectivity index (χ1) is 16.5. The van der Waals surface area contributed by atoms with Crippen molar-refractivity contribution >= 4 is 39.4 Å². The molecule has 0 spiro atoms. The second kappa shape index (κ2) is 9.37. The Labute approximate surface area is 203 Å². The highest BCUT2D eigenvalue weighted by atomic mass is 35.5. The molecule has 6 heteroatoms. The van der Waals surface area contributed by atoms with E-state index in [9.17, 15) is 9.90 Å². The summed E-state index contributed by atoms with van der Waals surface area (Å²) in [5.41, 5.74) is 6.38. The maximum atomic E-state index is 12.1. The Bertz CT molecular complexity index is 1480. The molecule has 0 saturated carbocycles. The lowest BCUT2D eigenvalue weighted by Crippen LogP contribution is -2.38. The van der Waals surface area contributed by atoms with Crippen LogP contribution in [0.5, 0.6) is 0 Å². The van der Waals surface area contributed by atoms with Crippen molar-refractivity contribution in [3.05, 3.63) is 106 Å². The SMILES string of the molecule is Cc1c(CNC(Cc2c[nH]c3ccccc23)C(=O)O)c2ccccc2n1Cc1ccccc1Cl. The van der Waals surface area contributed by atoms with Crippen LogP contribution in [0.4, 0.5) is 0 Å². The van der Waals surface area contributed by atoms with E-state index in [0.29, 0.717) is 19.5 Å². The number of fused-ring (bicyclic) bond motifs is 2. The van der Waals surface area contributed by atoms with Crippen molar-refractivity contribution in [3.8, 4) is 0 Å². The largest absolute Gasteiger partial charge is 0.480 e. The number of H-pyrrole nitrogens is 1. The van der Waals surface area contributed by atoms with Gasteiger partial charge in [-0.25, -0.2) is 0 Å². The Morgan fingerprint density at radius 1 is 1.00 bits per heavy atom. The van der Waals surface area contributed by atoms with Crippen molar-refractivity contribution < 1.29 is 9.90 Å². The van der Waals surface area contributed by atoms with Crippen LogP contribution in [0, 0.1) is 6.92 Å². The lowest BCUT2D eigenvalue weighted by atomic mass is 10.0. The molecule has 0 amide bonds. The first-order valence-electron chi connectivity index (χ1n) is 11.3. The van der Waals surface area contributed by atoms with E-state index in [1.165, 1.54) is 0 Å². The van der Waals surface area contributed by atoms with Crippen LogP contribution in [0.1, 0.15) is 22.4 Å². The summed E-state index contributed by atoms with van der Waals surface area (Å²) in [5.74, 6) is -0.859. The Hall–Kier alpha value is -3.54. The predicted molar refractivity (Wildman–Crippen MR) is 137 cm³/mol. The summed E-state index contributed by atoms with van der Waals surface area (Å²) < 4.78 is 2.25. The first-order valence-corrected chi connectivity index (χ1v) is 11.7. The topological polar surface area (TPSA) is 70.1 Å². The highest BCUT2D eigenvalue weighted by Gasteiger charge is 2.21. The highest BCUT2D eigenvalue weighted by Crippen LogP contribution is 2.28. The summed E-state index contributed by atoms with van der Waals surface area (Å²) in [6, 6.07) is 23.4. The number of aliphatic carboxylic acids is 1. The van der Waals surface area contributed by atoms with Gasteiger partial charge in [-0.05, 0) is 41.8 Å². The minimum Gasteiger partial charge on any atom is -0.480 e. The average Bonchev–Trinajstić information content (AvgIpc) is 3.37. The van der Waals surface area contributed by atoms with Crippen LogP contribution in [0.2, 0.25) is 5.02 Å². The number of rotatable bonds is 8. The number of benzene rings is 3. The molecule has 0 saturated heterocycles. The van der Waals surface area contributed by atoms with Gasteiger partial charge in [0.2, 0.25) is 0 Å². The average molecular weight is 472 g/mol. The Morgan fingerprint density at radius 2 is 1.71 bits per heavy atom. The molecule has 2 aromatic heterocycles. The third-order valence-corrected chi connectivity index (χ3v) is 6.94. The molecule has 5 aromatic rings. The number of carboxylic acid groups (broad SMARTS) is 1. The molecule has 0 aliphatic heterocycles. The van der Waals surface area contributed by atoms with Crippen LogP contribution < -0.4 is 5.32 Å². The zero-order valence-corrected chi connectivity index (χ0v) is 19.6. The second-order valence-electron chi connectivity index (χ2n) is 8.59. The monoisotopic (exact) mass is 471 g/mol. The van der Waals surface area contributed by atoms with Gasteiger partial charge in [0.1, 0.15) is 6.04 Å². The summed E-state index contributed by atoms with van der Waals surface area (Å²) in [6.45, 7) is 3.20. The maximum Gasteiger partial charge on any atom is 0.321 e. The number of hydrogen-bond acceptors (Lipinski definition) is 2. The molecular formula is C28H26ClN3O2. The number of para-hydroxylation sites is 2. The van der Waals surface area contributed by atoms with E-state index in [4.69, 9.17) is 11.6 Å². The Morgan fingerprint density at radius 3 is 2.50 bits per heavy atom. The molecule has 0 aliphatic carbocycles. The van der Waals surface area contributed by atoms with E-state index in [2.05, 4.69) is 33.9 Å². The second-order valence-corrected chi connectivity index (χ2v) is 9.00. The lowest BCUT2D eigenvalue weighted by molar-refractivity contribution is -0.139. The van der Waals surface area contributed by atoms with E-state index in [1.807, 2.05) is 66.9 Å². The van der Waals surface area contributed by atoms with Gasteiger partial charge in [0.05, 0.1) is 0 Å². The Kier molecular flexibility index (Phi) is 6.14. The third kappa shape index (κ3) is 4.20. The van der Waals surface area contributed by atoms with Crippen LogP contribution in [0.25, 0.3) is 21.8 Å². The number of nitrogens with one attached hydrogen (secondary N) is 2. The van der Waals surface area contributed by atoms with E-state index >= 15 is 0 Å². The van der Waals surface area contributed by atoms with Crippen LogP contribution in [-0.2, 0) is 24.3 Å². The molecule has 3 aromatic carbocycles. The van der Waals surface area contributed by atoms with Gasteiger partial charge in [0.25, 0.3) is 0 Å². The van der Waals surface area contributed by atoms with Gasteiger partial charge < -0.3 is 14.7 Å². The van der Waals surface area contributed by atoms with Crippen molar-refractivity contribution in [2.75, 3.05) is 0 Å². The quantitative estimate of drug-likeness (QED) is 0.263. The van der Waals surface area contributed by atoms with E-state index in [-0.39, 0.29) is 0 Å². The summed E-state index contributed by atoms with van der Waals surface area (Å²) in [4.78, 5) is 15.4. The zero-order valence-electron chi connectivity index (χ0n) is 18.9. The van der Waals surface area contributed by atoms with E-state index in [0.717, 1.165) is 49.2 Å². The molecule has 0 bridgehead atoms.